The van der Waals surface area contributed by atoms with Crippen LogP contribution in [0.4, 0.5) is 0 Å². The first-order valence-corrected chi connectivity index (χ1v) is 7.12. The maximum Gasteiger partial charge on any atom is 0.0359 e. The molecule has 2 heteroatoms. The predicted molar refractivity (Wildman–Crippen MR) is 71.8 cm³/mol. The van der Waals surface area contributed by atoms with E-state index in [-0.39, 0.29) is 0 Å². The lowest BCUT2D eigenvalue weighted by Crippen LogP contribution is -2.61. The average Bonchev–Trinajstić information content (AvgIpc) is 3.13. The van der Waals surface area contributed by atoms with Gasteiger partial charge < -0.3 is 5.32 Å². The molecular formula is C14H30N2. The van der Waals surface area contributed by atoms with Gasteiger partial charge in [-0.05, 0) is 51.7 Å². The smallest absolute Gasteiger partial charge is 0.0359 e. The van der Waals surface area contributed by atoms with Crippen molar-refractivity contribution in [2.45, 2.75) is 65.0 Å². The summed E-state index contributed by atoms with van der Waals surface area (Å²) in [5.41, 5.74) is 0.374. The largest absolute Gasteiger partial charge is 0.315 e. The van der Waals surface area contributed by atoms with Crippen LogP contribution in [-0.2, 0) is 0 Å². The molecule has 1 saturated carbocycles. The molecule has 0 spiro atoms. The second kappa shape index (κ2) is 6.02. The Bertz CT molecular complexity index is 191. The topological polar surface area (TPSA) is 15.3 Å². The van der Waals surface area contributed by atoms with Crippen LogP contribution in [0.25, 0.3) is 0 Å². The van der Waals surface area contributed by atoms with Gasteiger partial charge in [-0.15, -0.1) is 0 Å². The predicted octanol–water partition coefficient (Wildman–Crippen LogP) is 2.89. The molecule has 96 valence electrons. The summed E-state index contributed by atoms with van der Waals surface area (Å²) in [7, 11) is 2.15. The molecule has 0 bridgehead atoms. The summed E-state index contributed by atoms with van der Waals surface area (Å²) in [4.78, 5) is 2.67. The van der Waals surface area contributed by atoms with Gasteiger partial charge in [0.2, 0.25) is 0 Å². The van der Waals surface area contributed by atoms with Crippen molar-refractivity contribution in [3.63, 3.8) is 0 Å². The van der Waals surface area contributed by atoms with Crippen LogP contribution in [-0.4, -0.2) is 36.6 Å². The van der Waals surface area contributed by atoms with Crippen LogP contribution < -0.4 is 5.32 Å². The Morgan fingerprint density at radius 1 is 1.12 bits per heavy atom. The van der Waals surface area contributed by atoms with Gasteiger partial charge in [0.1, 0.15) is 0 Å². The molecule has 0 heterocycles. The molecule has 1 rings (SSSR count). The normalized spacial score (nSPS) is 19.1. The summed E-state index contributed by atoms with van der Waals surface area (Å²) >= 11 is 0. The Balaban J connectivity index is 2.90. The maximum atomic E-state index is 3.61. The molecule has 1 aliphatic rings. The van der Waals surface area contributed by atoms with E-state index in [1.807, 2.05) is 0 Å². The fraction of sp³-hybridized carbons (Fsp3) is 1.00. The number of rotatable bonds is 8. The van der Waals surface area contributed by atoms with Gasteiger partial charge >= 0.3 is 0 Å². The van der Waals surface area contributed by atoms with Gasteiger partial charge in [-0.2, -0.15) is 0 Å². The van der Waals surface area contributed by atoms with Crippen LogP contribution in [0.3, 0.4) is 0 Å². The summed E-state index contributed by atoms with van der Waals surface area (Å²) < 4.78 is 0. The lowest BCUT2D eigenvalue weighted by molar-refractivity contribution is 0.0440. The molecule has 1 fully saturated rings. The first-order valence-electron chi connectivity index (χ1n) is 7.12. The molecule has 0 amide bonds. The van der Waals surface area contributed by atoms with Crippen molar-refractivity contribution < 1.29 is 0 Å². The van der Waals surface area contributed by atoms with Crippen LogP contribution in [0.2, 0.25) is 0 Å². The lowest BCUT2D eigenvalue weighted by Gasteiger charge is -2.48. The van der Waals surface area contributed by atoms with Crippen LogP contribution in [0, 0.1) is 5.92 Å². The highest BCUT2D eigenvalue weighted by Gasteiger charge is 2.46. The van der Waals surface area contributed by atoms with Crippen LogP contribution in [0.15, 0.2) is 0 Å². The molecule has 0 aliphatic heterocycles. The minimum atomic E-state index is 0.374. The molecule has 0 aromatic carbocycles. The Morgan fingerprint density at radius 2 is 1.62 bits per heavy atom. The zero-order valence-corrected chi connectivity index (χ0v) is 11.8. The molecule has 0 radical (unpaired) electrons. The number of hydrogen-bond donors (Lipinski definition) is 1. The standard InChI is InChI=1S/C14H30N2/c1-6-14(7-2,16(8-3)9-4)13(15-5)12-10-11-12/h12-13,15H,6-11H2,1-5H3. The Labute approximate surface area is 102 Å². The van der Waals surface area contributed by atoms with E-state index in [0.29, 0.717) is 11.6 Å². The first-order chi connectivity index (χ1) is 7.69. The second-order valence-corrected chi connectivity index (χ2v) is 5.09. The van der Waals surface area contributed by atoms with E-state index in [2.05, 4.69) is 45.0 Å². The molecule has 1 aliphatic carbocycles. The van der Waals surface area contributed by atoms with E-state index >= 15 is 0 Å². The summed E-state index contributed by atoms with van der Waals surface area (Å²) in [6, 6.07) is 0.683. The third kappa shape index (κ3) is 2.43. The third-order valence-electron chi connectivity index (χ3n) is 4.60. The Morgan fingerprint density at radius 3 is 1.88 bits per heavy atom. The van der Waals surface area contributed by atoms with Gasteiger partial charge in [-0.1, -0.05) is 27.7 Å². The monoisotopic (exact) mass is 226 g/mol. The summed E-state index contributed by atoms with van der Waals surface area (Å²) in [5, 5.41) is 3.61. The van der Waals surface area contributed by atoms with Crippen LogP contribution in [0.5, 0.6) is 0 Å². The average molecular weight is 226 g/mol. The number of likely N-dealkylation sites (N-methyl/N-ethyl adjacent to an activating group) is 2. The van der Waals surface area contributed by atoms with Crippen molar-refractivity contribution in [3.8, 4) is 0 Å². The number of nitrogens with zero attached hydrogens (tertiary/aromatic N) is 1. The molecule has 0 saturated heterocycles. The fourth-order valence-electron chi connectivity index (χ4n) is 3.56. The van der Waals surface area contributed by atoms with Crippen molar-refractivity contribution >= 4 is 0 Å². The SMILES string of the molecule is CCN(CC)C(CC)(CC)C(NC)C1CC1. The van der Waals surface area contributed by atoms with E-state index in [9.17, 15) is 0 Å². The lowest BCUT2D eigenvalue weighted by atomic mass is 9.80. The minimum absolute atomic E-state index is 0.374. The molecule has 1 unspecified atom stereocenters. The van der Waals surface area contributed by atoms with Gasteiger partial charge in [0, 0.05) is 11.6 Å². The maximum absolute atomic E-state index is 3.61. The molecule has 16 heavy (non-hydrogen) atoms. The number of hydrogen-bond acceptors (Lipinski definition) is 2. The Kier molecular flexibility index (Phi) is 5.26. The molecule has 2 nitrogen and oxygen atoms in total. The van der Waals surface area contributed by atoms with Crippen molar-refractivity contribution in [1.29, 1.82) is 0 Å². The van der Waals surface area contributed by atoms with Crippen molar-refractivity contribution in [3.05, 3.63) is 0 Å². The van der Waals surface area contributed by atoms with Gasteiger partial charge in [0.15, 0.2) is 0 Å². The van der Waals surface area contributed by atoms with Gasteiger partial charge in [0.05, 0.1) is 0 Å². The van der Waals surface area contributed by atoms with E-state index in [1.54, 1.807) is 0 Å². The first kappa shape index (κ1) is 14.0. The summed E-state index contributed by atoms with van der Waals surface area (Å²) in [6.45, 7) is 11.6. The van der Waals surface area contributed by atoms with Crippen molar-refractivity contribution in [1.82, 2.24) is 10.2 Å². The molecule has 0 aromatic rings. The molecule has 1 atom stereocenters. The highest BCUT2D eigenvalue weighted by molar-refractivity contribution is 5.04. The fourth-order valence-corrected chi connectivity index (χ4v) is 3.56. The van der Waals surface area contributed by atoms with E-state index in [4.69, 9.17) is 0 Å². The highest BCUT2D eigenvalue weighted by atomic mass is 15.2. The van der Waals surface area contributed by atoms with Gasteiger partial charge in [0.25, 0.3) is 0 Å². The molecule has 1 N–H and O–H groups in total. The zero-order chi connectivity index (χ0) is 12.2. The van der Waals surface area contributed by atoms with Crippen LogP contribution in [0.1, 0.15) is 53.4 Å². The van der Waals surface area contributed by atoms with Gasteiger partial charge in [-0.25, -0.2) is 0 Å². The zero-order valence-electron chi connectivity index (χ0n) is 11.8. The van der Waals surface area contributed by atoms with E-state index < -0.39 is 0 Å². The van der Waals surface area contributed by atoms with Crippen molar-refractivity contribution in [2.75, 3.05) is 20.1 Å². The second-order valence-electron chi connectivity index (χ2n) is 5.09. The van der Waals surface area contributed by atoms with Gasteiger partial charge in [-0.3, -0.25) is 4.90 Å². The summed E-state index contributed by atoms with van der Waals surface area (Å²) in [5.74, 6) is 0.922. The van der Waals surface area contributed by atoms with Crippen molar-refractivity contribution in [2.24, 2.45) is 5.92 Å². The van der Waals surface area contributed by atoms with Crippen LogP contribution >= 0.6 is 0 Å². The minimum Gasteiger partial charge on any atom is -0.315 e. The number of nitrogens with one attached hydrogen (secondary N) is 1. The molecule has 0 aromatic heterocycles. The Hall–Kier alpha value is -0.0800. The molecular weight excluding hydrogens is 196 g/mol. The summed E-state index contributed by atoms with van der Waals surface area (Å²) in [6.07, 6.45) is 5.36. The third-order valence-corrected chi connectivity index (χ3v) is 4.60. The quantitative estimate of drug-likeness (QED) is 0.684. The highest BCUT2D eigenvalue weighted by Crippen LogP contribution is 2.42. The van der Waals surface area contributed by atoms with E-state index in [1.165, 1.54) is 38.8 Å². The van der Waals surface area contributed by atoms with E-state index in [0.717, 1.165) is 5.92 Å².